The van der Waals surface area contributed by atoms with Crippen LogP contribution in [0.4, 0.5) is 0 Å². The van der Waals surface area contributed by atoms with Crippen molar-refractivity contribution in [3.05, 3.63) is 47.5 Å². The van der Waals surface area contributed by atoms with E-state index in [1.54, 1.807) is 0 Å². The Morgan fingerprint density at radius 1 is 0.520 bits per heavy atom. The standard InChI is InChI=1S/C44H64O4S2/c1-7-13-17-19-23-31(21-15-9-3)43(45)47-37(11-5)33-25-27-35-39(29-33)49-42-36-28-26-34(30-40(36)50-41(35)42)38(12-6)48-44(46)32(22-16-10-4)24-20-18-14-8-2/h25-32,37-38H,7-24H2,1-6H3. The summed E-state index contributed by atoms with van der Waals surface area (Å²) in [5, 5.41) is 2.52. The molecule has 0 aliphatic carbocycles. The molecule has 50 heavy (non-hydrogen) atoms. The monoisotopic (exact) mass is 720 g/mol. The Morgan fingerprint density at radius 3 is 1.26 bits per heavy atom. The van der Waals surface area contributed by atoms with Gasteiger partial charge in [-0.25, -0.2) is 0 Å². The second kappa shape index (κ2) is 21.2. The SMILES string of the molecule is CCCCCCC(CCCC)C(=O)OC(CC)c1ccc2c(c1)sc1c3ccc(C(CC)OC(=O)C(CCCC)CCCCCC)cc3sc21. The number of ether oxygens (including phenoxy) is 2. The predicted molar refractivity (Wildman–Crippen MR) is 217 cm³/mol. The van der Waals surface area contributed by atoms with Crippen LogP contribution in [0.3, 0.4) is 0 Å². The summed E-state index contributed by atoms with van der Waals surface area (Å²) in [6.07, 6.45) is 18.6. The predicted octanol–water partition coefficient (Wildman–Crippen LogP) is 14.8. The summed E-state index contributed by atoms with van der Waals surface area (Å²) in [4.78, 5) is 26.8. The summed E-state index contributed by atoms with van der Waals surface area (Å²) in [6, 6.07) is 13.3. The van der Waals surface area contributed by atoms with Crippen LogP contribution in [-0.2, 0) is 19.1 Å². The van der Waals surface area contributed by atoms with Gasteiger partial charge >= 0.3 is 11.9 Å². The van der Waals surface area contributed by atoms with Crippen molar-refractivity contribution in [3.63, 3.8) is 0 Å². The second-order valence-electron chi connectivity index (χ2n) is 14.4. The van der Waals surface area contributed by atoms with Gasteiger partial charge in [0.1, 0.15) is 12.2 Å². The van der Waals surface area contributed by atoms with E-state index in [1.165, 1.54) is 68.1 Å². The highest BCUT2D eigenvalue weighted by Gasteiger charge is 2.26. The van der Waals surface area contributed by atoms with Gasteiger partial charge in [0.15, 0.2) is 0 Å². The molecule has 0 N–H and O–H groups in total. The lowest BCUT2D eigenvalue weighted by Crippen LogP contribution is -2.20. The lowest BCUT2D eigenvalue weighted by Gasteiger charge is -2.22. The number of carbonyl (C=O) groups excluding carboxylic acids is 2. The molecular formula is C44H64O4S2. The van der Waals surface area contributed by atoms with Crippen molar-refractivity contribution in [2.75, 3.05) is 0 Å². The van der Waals surface area contributed by atoms with Gasteiger partial charge < -0.3 is 9.47 Å². The van der Waals surface area contributed by atoms with E-state index in [9.17, 15) is 9.59 Å². The molecule has 0 amide bonds. The fraction of sp³-hybridized carbons (Fsp3) is 0.636. The number of hydrogen-bond acceptors (Lipinski definition) is 6. The average molecular weight is 721 g/mol. The molecule has 0 radical (unpaired) electrons. The van der Waals surface area contributed by atoms with Gasteiger partial charge in [0, 0.05) is 20.2 Å². The fourth-order valence-corrected chi connectivity index (χ4v) is 9.98. The molecule has 4 atom stereocenters. The van der Waals surface area contributed by atoms with Gasteiger partial charge in [-0.05, 0) is 61.8 Å². The lowest BCUT2D eigenvalue weighted by atomic mass is 9.95. The summed E-state index contributed by atoms with van der Waals surface area (Å²) >= 11 is 3.66. The van der Waals surface area contributed by atoms with Gasteiger partial charge in [-0.15, -0.1) is 22.7 Å². The van der Waals surface area contributed by atoms with Gasteiger partial charge in [-0.2, -0.15) is 0 Å². The first-order valence-corrected chi connectivity index (χ1v) is 21.8. The van der Waals surface area contributed by atoms with E-state index in [0.717, 1.165) is 88.2 Å². The van der Waals surface area contributed by atoms with E-state index < -0.39 is 0 Å². The molecular weight excluding hydrogens is 657 g/mol. The molecule has 0 aliphatic heterocycles. The first-order valence-electron chi connectivity index (χ1n) is 20.2. The molecule has 4 nitrogen and oxygen atoms in total. The molecule has 0 saturated heterocycles. The Morgan fingerprint density at radius 2 is 0.900 bits per heavy atom. The molecule has 0 bridgehead atoms. The Labute approximate surface area is 310 Å². The van der Waals surface area contributed by atoms with Crippen LogP contribution in [0.15, 0.2) is 36.4 Å². The first-order chi connectivity index (χ1) is 24.4. The largest absolute Gasteiger partial charge is 0.457 e. The normalized spacial score (nSPS) is 14.3. The fourth-order valence-electron chi connectivity index (χ4n) is 7.23. The van der Waals surface area contributed by atoms with E-state index in [2.05, 4.69) is 77.9 Å². The Bertz CT molecular complexity index is 1500. The molecule has 0 saturated carbocycles. The molecule has 2 aromatic carbocycles. The van der Waals surface area contributed by atoms with Gasteiger partial charge in [0.25, 0.3) is 0 Å². The van der Waals surface area contributed by atoms with E-state index in [4.69, 9.17) is 9.47 Å². The van der Waals surface area contributed by atoms with Crippen LogP contribution in [0.25, 0.3) is 29.6 Å². The topological polar surface area (TPSA) is 52.6 Å². The van der Waals surface area contributed by atoms with E-state index in [1.807, 2.05) is 22.7 Å². The number of fused-ring (bicyclic) bond motifs is 5. The van der Waals surface area contributed by atoms with E-state index in [-0.39, 0.29) is 36.0 Å². The summed E-state index contributed by atoms with van der Waals surface area (Å²) in [7, 11) is 0. The first kappa shape index (κ1) is 40.3. The zero-order valence-corrected chi connectivity index (χ0v) is 33.6. The number of hydrogen-bond donors (Lipinski definition) is 0. The average Bonchev–Trinajstić information content (AvgIpc) is 3.67. The Hall–Kier alpha value is -2.44. The summed E-state index contributed by atoms with van der Waals surface area (Å²) < 4.78 is 17.6. The molecule has 2 heterocycles. The van der Waals surface area contributed by atoms with Gasteiger partial charge in [-0.3, -0.25) is 9.59 Å². The van der Waals surface area contributed by atoms with Crippen molar-refractivity contribution in [1.82, 2.24) is 0 Å². The Kier molecular flexibility index (Phi) is 17.1. The molecule has 6 heteroatoms. The highest BCUT2D eigenvalue weighted by atomic mass is 32.1. The molecule has 0 aliphatic rings. The van der Waals surface area contributed by atoms with Crippen LogP contribution in [0.5, 0.6) is 0 Å². The number of esters is 2. The van der Waals surface area contributed by atoms with Crippen LogP contribution in [0, 0.1) is 11.8 Å². The third-order valence-electron chi connectivity index (χ3n) is 10.4. The molecule has 4 unspecified atom stereocenters. The maximum absolute atomic E-state index is 13.4. The molecule has 2 aromatic heterocycles. The number of unbranched alkanes of at least 4 members (excludes halogenated alkanes) is 8. The third kappa shape index (κ3) is 10.8. The summed E-state index contributed by atoms with van der Waals surface area (Å²) in [5.74, 6) is -0.0330. The highest BCUT2D eigenvalue weighted by molar-refractivity contribution is 7.36. The van der Waals surface area contributed by atoms with Crippen LogP contribution < -0.4 is 0 Å². The number of carbonyl (C=O) groups is 2. The molecule has 4 aromatic rings. The highest BCUT2D eigenvalue weighted by Crippen LogP contribution is 2.46. The minimum Gasteiger partial charge on any atom is -0.457 e. The van der Waals surface area contributed by atoms with Crippen molar-refractivity contribution in [2.45, 2.75) is 169 Å². The van der Waals surface area contributed by atoms with Gasteiger partial charge in [-0.1, -0.05) is 143 Å². The van der Waals surface area contributed by atoms with Crippen molar-refractivity contribution in [3.8, 4) is 0 Å². The molecule has 0 fully saturated rings. The van der Waals surface area contributed by atoms with Crippen molar-refractivity contribution in [2.24, 2.45) is 11.8 Å². The lowest BCUT2D eigenvalue weighted by molar-refractivity contribution is -0.156. The number of benzene rings is 2. The molecule has 4 rings (SSSR count). The maximum Gasteiger partial charge on any atom is 0.309 e. The maximum atomic E-state index is 13.4. The van der Waals surface area contributed by atoms with Crippen molar-refractivity contribution >= 4 is 64.2 Å². The van der Waals surface area contributed by atoms with Crippen LogP contribution in [-0.4, -0.2) is 11.9 Å². The Balaban J connectivity index is 1.50. The van der Waals surface area contributed by atoms with Crippen molar-refractivity contribution < 1.29 is 19.1 Å². The van der Waals surface area contributed by atoms with Crippen LogP contribution in [0.1, 0.15) is 180 Å². The molecule has 0 spiro atoms. The summed E-state index contributed by atoms with van der Waals surface area (Å²) in [5.41, 5.74) is 2.17. The van der Waals surface area contributed by atoms with Crippen LogP contribution in [0.2, 0.25) is 0 Å². The minimum absolute atomic E-state index is 0.00165. The minimum atomic E-state index is -0.224. The van der Waals surface area contributed by atoms with E-state index in [0.29, 0.717) is 0 Å². The zero-order chi connectivity index (χ0) is 35.9. The smallest absolute Gasteiger partial charge is 0.309 e. The zero-order valence-electron chi connectivity index (χ0n) is 32.0. The number of rotatable bonds is 24. The van der Waals surface area contributed by atoms with Crippen LogP contribution >= 0.6 is 22.7 Å². The quantitative estimate of drug-likeness (QED) is 0.0534. The van der Waals surface area contributed by atoms with Gasteiger partial charge in [0.2, 0.25) is 0 Å². The third-order valence-corrected chi connectivity index (χ3v) is 12.9. The second-order valence-corrected chi connectivity index (χ2v) is 16.5. The van der Waals surface area contributed by atoms with Crippen molar-refractivity contribution in [1.29, 1.82) is 0 Å². The summed E-state index contributed by atoms with van der Waals surface area (Å²) in [6.45, 7) is 13.1. The van der Waals surface area contributed by atoms with Gasteiger partial charge in [0.05, 0.1) is 21.2 Å². The van der Waals surface area contributed by atoms with E-state index >= 15 is 0 Å². The molecule has 276 valence electrons. The number of thiophene rings is 2.